The molecule has 0 N–H and O–H groups in total. The number of hydrogen-bond donors (Lipinski definition) is 0. The van der Waals surface area contributed by atoms with Crippen molar-refractivity contribution in [1.82, 2.24) is 0 Å². The molecule has 0 fully saturated rings. The third-order valence-corrected chi connectivity index (χ3v) is 0. The summed E-state index contributed by atoms with van der Waals surface area (Å²) >= 11 is -6.75. The molecule has 0 aliphatic rings. The van der Waals surface area contributed by atoms with Crippen LogP contribution in [0, 0.1) is 0 Å². The van der Waals surface area contributed by atoms with Gasteiger partial charge < -0.3 is 0 Å². The molecule has 0 amide bonds. The second-order valence-electron chi connectivity index (χ2n) is 2.50. The molecule has 7 heteroatoms. The molecule has 0 aromatic heterocycles. The predicted molar refractivity (Wildman–Crippen MR) is 36.3 cm³/mol. The summed E-state index contributed by atoms with van der Waals surface area (Å²) in [6.45, 7) is 0. The summed E-state index contributed by atoms with van der Waals surface area (Å²) in [7, 11) is 0. The van der Waals surface area contributed by atoms with Gasteiger partial charge in [0.2, 0.25) is 0 Å². The van der Waals surface area contributed by atoms with Gasteiger partial charge in [0.05, 0.1) is 0 Å². The van der Waals surface area contributed by atoms with Crippen molar-refractivity contribution >= 4 is 27.7 Å². The van der Waals surface area contributed by atoms with E-state index in [9.17, 15) is 15.7 Å². The molecule has 0 heterocycles. The third-order valence-electron chi connectivity index (χ3n) is 0. The Kier molecular flexibility index (Phi) is 10.9. The van der Waals surface area contributed by atoms with E-state index in [1.54, 1.807) is 0 Å². The van der Waals surface area contributed by atoms with Crippen LogP contribution in [0.1, 0.15) is 0 Å². The Labute approximate surface area is 82.9 Å². The molecule has 4 nitrogen and oxygen atoms in total. The first-order chi connectivity index (χ1) is 4.00. The average molecular weight is 330 g/mol. The van der Waals surface area contributed by atoms with Crippen LogP contribution in [0.4, 0.5) is 0 Å². The van der Waals surface area contributed by atoms with E-state index < -0.39 is 27.7 Å². The third kappa shape index (κ3) is 699. The van der Waals surface area contributed by atoms with Crippen molar-refractivity contribution in [2.24, 2.45) is 0 Å². The minimum Gasteiger partial charge on any atom is 2.00 e. The van der Waals surface area contributed by atoms with Gasteiger partial charge in [0, 0.05) is 0 Å². The van der Waals surface area contributed by atoms with Crippen LogP contribution in [0.2, 0.25) is 22.8 Å². The Balaban J connectivity index is -0.000000107. The molecule has 0 aromatic carbocycles. The van der Waals surface area contributed by atoms with Gasteiger partial charge in [-0.3, -0.25) is 0 Å². The molecule has 0 unspecified atom stereocenters. The quantitative estimate of drug-likeness (QED) is 0.531. The van der Waals surface area contributed by atoms with E-state index in [4.69, 9.17) is 0 Å². The van der Waals surface area contributed by atoms with Crippen LogP contribution in [-0.2, 0) is 24.5 Å². The van der Waals surface area contributed by atoms with E-state index in [-0.39, 0.29) is 17.1 Å². The first kappa shape index (κ1) is 18.0. The van der Waals surface area contributed by atoms with Gasteiger partial charge in [-0.1, -0.05) is 0 Å². The largest absolute Gasteiger partial charge is 2.00 e. The van der Waals surface area contributed by atoms with E-state index in [0.29, 0.717) is 0 Å². The number of hydrogen-bond acceptors (Lipinski definition) is 4. The zero-order valence-corrected chi connectivity index (χ0v) is 11.7. The summed E-state index contributed by atoms with van der Waals surface area (Å²) in [6.07, 6.45) is 0. The summed E-state index contributed by atoms with van der Waals surface area (Å²) in [5.74, 6) is 0. The molecule has 0 radical (unpaired) electrons. The van der Waals surface area contributed by atoms with Gasteiger partial charge >= 0.3 is 83.2 Å². The Bertz CT molecular complexity index is 132. The fourth-order valence-electron chi connectivity index (χ4n) is 0. The van der Waals surface area contributed by atoms with Crippen LogP contribution in [0.25, 0.3) is 0 Å². The molecule has 0 aromatic rings. The number of rotatable bonds is 0. The van der Waals surface area contributed by atoms with Crippen molar-refractivity contribution in [1.29, 1.82) is 0 Å². The van der Waals surface area contributed by atoms with Crippen molar-refractivity contribution < 1.29 is 32.7 Å². The maximum atomic E-state index is 9.72. The van der Waals surface area contributed by atoms with E-state index in [1.165, 1.54) is 22.8 Å². The molecule has 11 heavy (non-hydrogen) atoms. The van der Waals surface area contributed by atoms with Crippen molar-refractivity contribution in [2.75, 3.05) is 0 Å². The predicted octanol–water partition coefficient (Wildman–Crippen LogP) is -1.04. The first-order valence-electron chi connectivity index (χ1n) is 2.52. The summed E-state index contributed by atoms with van der Waals surface area (Å²) in [6, 6.07) is 0. The van der Waals surface area contributed by atoms with Gasteiger partial charge in [0.25, 0.3) is 0 Å². The van der Waals surface area contributed by atoms with Gasteiger partial charge in [-0.15, -0.1) is 0 Å². The van der Waals surface area contributed by atoms with Crippen LogP contribution < -0.4 is 8.19 Å². The topological polar surface area (TPSA) is 80.3 Å². The van der Waals surface area contributed by atoms with E-state index in [1.807, 2.05) is 0 Å². The molecule has 0 rings (SSSR count). The standard InChI is InChI=1S/2C2H7AsO2.Fe/c2*1-3(2,4)5;/h2*1-2H3,(H,4,5);/q;;+2/p-2. The molecular formula is C4H12As2FeO4. The molecule has 0 saturated heterocycles. The molecule has 70 valence electrons. The van der Waals surface area contributed by atoms with Gasteiger partial charge in [0.1, 0.15) is 0 Å². The molecular weight excluding hydrogens is 318 g/mol. The maximum Gasteiger partial charge on any atom is 2.00 e. The van der Waals surface area contributed by atoms with Gasteiger partial charge in [0.15, 0.2) is 0 Å². The van der Waals surface area contributed by atoms with E-state index in [0.717, 1.165) is 0 Å². The summed E-state index contributed by atoms with van der Waals surface area (Å²) < 4.78 is 38.9. The van der Waals surface area contributed by atoms with Crippen molar-refractivity contribution in [3.05, 3.63) is 0 Å². The zero-order chi connectivity index (χ0) is 9.00. The van der Waals surface area contributed by atoms with Crippen LogP contribution in [0.15, 0.2) is 0 Å². The van der Waals surface area contributed by atoms with Crippen LogP contribution in [0.5, 0.6) is 0 Å². The van der Waals surface area contributed by atoms with Crippen LogP contribution in [0.3, 0.4) is 0 Å². The second kappa shape index (κ2) is 6.65. The maximum absolute atomic E-state index is 9.72. The van der Waals surface area contributed by atoms with Crippen molar-refractivity contribution in [3.8, 4) is 0 Å². The molecule has 0 saturated carbocycles. The van der Waals surface area contributed by atoms with E-state index >= 15 is 0 Å². The monoisotopic (exact) mass is 330 g/mol. The Morgan fingerprint density at radius 1 is 0.818 bits per heavy atom. The minimum atomic E-state index is -3.38. The van der Waals surface area contributed by atoms with Crippen molar-refractivity contribution in [3.63, 3.8) is 0 Å². The summed E-state index contributed by atoms with van der Waals surface area (Å²) in [5, 5.41) is 0. The minimum absolute atomic E-state index is 0. The van der Waals surface area contributed by atoms with Gasteiger partial charge in [-0.25, -0.2) is 0 Å². The Morgan fingerprint density at radius 3 is 0.818 bits per heavy atom. The molecule has 0 atom stereocenters. The second-order valence-corrected chi connectivity index (χ2v) is 13.0. The average Bonchev–Trinajstić information content (AvgIpc) is 1.12. The van der Waals surface area contributed by atoms with Crippen LogP contribution >= 0.6 is 0 Å². The molecule has 0 aliphatic heterocycles. The van der Waals surface area contributed by atoms with Crippen LogP contribution in [-0.4, -0.2) is 27.7 Å². The summed E-state index contributed by atoms with van der Waals surface area (Å²) in [4.78, 5) is 0. The Morgan fingerprint density at radius 2 is 0.818 bits per heavy atom. The smallest absolute Gasteiger partial charge is 2.00 e. The Hall–Kier alpha value is 1.16. The molecule has 0 aliphatic carbocycles. The normalized spacial score (nSPS) is 10.7. The summed E-state index contributed by atoms with van der Waals surface area (Å²) in [5.41, 5.74) is 4.99. The van der Waals surface area contributed by atoms with Crippen molar-refractivity contribution in [2.45, 2.75) is 22.8 Å². The fourth-order valence-corrected chi connectivity index (χ4v) is 0. The van der Waals surface area contributed by atoms with E-state index in [2.05, 4.69) is 0 Å². The SMILES string of the molecule is C[As](C)(=O)[O-].C[As](C)(=O)[O-].[Fe+2]. The van der Waals surface area contributed by atoms with Gasteiger partial charge in [-0.05, 0) is 0 Å². The van der Waals surface area contributed by atoms with Gasteiger partial charge in [-0.2, -0.15) is 0 Å². The first-order valence-corrected chi connectivity index (χ1v) is 13.1. The molecule has 0 spiro atoms. The molecule has 0 bridgehead atoms. The zero-order valence-electron chi connectivity index (χ0n) is 6.88. The fraction of sp³-hybridized carbons (Fsp3) is 1.00.